The average Bonchev–Trinajstić information content (AvgIpc) is 1.73. The van der Waals surface area contributed by atoms with Crippen LogP contribution in [0.3, 0.4) is 0 Å². The van der Waals surface area contributed by atoms with E-state index in [9.17, 15) is 41.1 Å². The monoisotopic (exact) mass is 1570 g/mol. The van der Waals surface area contributed by atoms with Gasteiger partial charge in [-0.2, -0.15) is 4.31 Å². The zero-order valence-electron chi connectivity index (χ0n) is 67.3. The molecule has 0 radical (unpaired) electrons. The number of aliphatic hydroxyl groups excluding tert-OH is 1. The Balaban J connectivity index is 0.000000231. The molecule has 0 saturated heterocycles. The Morgan fingerprint density at radius 3 is 1.47 bits per heavy atom. The first kappa shape index (κ1) is 87.2. The summed E-state index contributed by atoms with van der Waals surface area (Å²) in [6, 6.07) is 30.2. The fourth-order valence-corrected chi connectivity index (χ4v) is 16.5. The number of unbranched alkanes of at least 4 members (excludes halogenated alkanes) is 6. The maximum absolute atomic E-state index is 14.3. The van der Waals surface area contributed by atoms with Gasteiger partial charge in [0.25, 0.3) is 0 Å². The van der Waals surface area contributed by atoms with Crippen molar-refractivity contribution in [3.63, 3.8) is 0 Å². The van der Waals surface area contributed by atoms with Gasteiger partial charge >= 0.3 is 24.1 Å². The Morgan fingerprint density at radius 1 is 0.568 bits per heavy atom. The molecule has 26 nitrogen and oxygen atoms in total. The summed E-state index contributed by atoms with van der Waals surface area (Å²) in [5.41, 5.74) is 11.0. The molecule has 2 aromatic heterocycles. The number of hydrogen-bond donors (Lipinski definition) is 3. The van der Waals surface area contributed by atoms with Gasteiger partial charge in [-0.25, -0.2) is 35.8 Å². The molecule has 10 rings (SSSR count). The normalized spacial score (nSPS) is 15.7. The molecule has 4 atom stereocenters. The number of aryl methyl sites for hydroxylation is 6. The number of alkyl carbamates (subject to hydrolysis) is 2. The SMILES string of the molecule is CCOC(=O)CC(c1ccc(C)c(CN2C[C@@H](C)Oc3cc(CCCCCCNC(=O)OC(C)(C)C)ccc3S2(=O)=O)c1)c1cc(OC)c2c(c1)nnn2C.CCOC(=O)CC(c1ccc(C)c(CO)c1)c1cc(OC)c2c(c1)nnn2C.C[C@@H]1CCS(=O)(=O)c2ccc(CCCCCCNC(=O)OC(C)(C)C)cc2O1. The lowest BCUT2D eigenvalue weighted by molar-refractivity contribution is -0.144. The van der Waals surface area contributed by atoms with Crippen LogP contribution >= 0.6 is 0 Å². The van der Waals surface area contributed by atoms with E-state index in [1.165, 1.54) is 4.31 Å². The number of amides is 2. The molecule has 2 aliphatic rings. The number of fused-ring (bicyclic) bond motifs is 4. The van der Waals surface area contributed by atoms with Gasteiger partial charge in [0.05, 0.1) is 65.3 Å². The van der Waals surface area contributed by atoms with Crippen molar-refractivity contribution in [2.45, 2.75) is 225 Å². The van der Waals surface area contributed by atoms with Crippen LogP contribution in [-0.4, -0.2) is 157 Å². The van der Waals surface area contributed by atoms with Crippen LogP contribution in [0.5, 0.6) is 23.0 Å². The summed E-state index contributed by atoms with van der Waals surface area (Å²) in [7, 11) is -0.396. The van der Waals surface area contributed by atoms with Gasteiger partial charge in [0.2, 0.25) is 10.0 Å². The second-order valence-electron chi connectivity index (χ2n) is 30.3. The minimum absolute atomic E-state index is 0.0572. The summed E-state index contributed by atoms with van der Waals surface area (Å²) < 4.78 is 102. The molecule has 3 N–H and O–H groups in total. The van der Waals surface area contributed by atoms with Crippen LogP contribution in [0, 0.1) is 13.8 Å². The van der Waals surface area contributed by atoms with Crippen molar-refractivity contribution < 1.29 is 79.0 Å². The summed E-state index contributed by atoms with van der Waals surface area (Å²) in [5, 5.41) is 31.9. The van der Waals surface area contributed by atoms with E-state index in [1.807, 2.05) is 154 Å². The second kappa shape index (κ2) is 39.7. The molecule has 28 heteroatoms. The lowest BCUT2D eigenvalue weighted by atomic mass is 9.86. The van der Waals surface area contributed by atoms with Crippen molar-refractivity contribution in [1.82, 2.24) is 44.9 Å². The lowest BCUT2D eigenvalue weighted by Gasteiger charge is -2.24. The van der Waals surface area contributed by atoms with E-state index in [2.05, 4.69) is 31.3 Å². The van der Waals surface area contributed by atoms with Crippen molar-refractivity contribution in [2.24, 2.45) is 14.1 Å². The smallest absolute Gasteiger partial charge is 0.407 e. The van der Waals surface area contributed by atoms with Gasteiger partial charge in [0.15, 0.2) is 9.84 Å². The number of hydrogen-bond acceptors (Lipinski definition) is 21. The number of nitrogens with zero attached hydrogens (tertiary/aromatic N) is 7. The number of benzene rings is 6. The zero-order valence-corrected chi connectivity index (χ0v) is 69.0. The molecule has 111 heavy (non-hydrogen) atoms. The third kappa shape index (κ3) is 24.8. The van der Waals surface area contributed by atoms with Crippen LogP contribution < -0.4 is 29.6 Å². The van der Waals surface area contributed by atoms with Gasteiger partial charge in [0, 0.05) is 45.6 Å². The van der Waals surface area contributed by atoms with E-state index in [0.29, 0.717) is 65.0 Å². The highest BCUT2D eigenvalue weighted by molar-refractivity contribution is 7.91. The highest BCUT2D eigenvalue weighted by Gasteiger charge is 2.35. The molecular weight excluding hydrogens is 1460 g/mol. The van der Waals surface area contributed by atoms with Gasteiger partial charge in [-0.15, -0.1) is 10.2 Å². The van der Waals surface area contributed by atoms with Gasteiger partial charge in [0.1, 0.15) is 72.2 Å². The van der Waals surface area contributed by atoms with Crippen molar-refractivity contribution in [2.75, 3.05) is 52.8 Å². The third-order valence-corrected chi connectivity index (χ3v) is 22.7. The van der Waals surface area contributed by atoms with E-state index in [0.717, 1.165) is 131 Å². The minimum atomic E-state index is -3.93. The molecular formula is C83H113N9O17S2. The number of methoxy groups -OCH3 is 2. The van der Waals surface area contributed by atoms with Crippen LogP contribution in [0.4, 0.5) is 9.59 Å². The largest absolute Gasteiger partial charge is 0.494 e. The summed E-state index contributed by atoms with van der Waals surface area (Å²) in [4.78, 5) is 49.1. The Labute approximate surface area is 653 Å². The summed E-state index contributed by atoms with van der Waals surface area (Å²) in [6.07, 6.45) is 8.82. The molecule has 2 aliphatic heterocycles. The number of sulfone groups is 1. The van der Waals surface area contributed by atoms with E-state index in [1.54, 1.807) is 63.7 Å². The minimum Gasteiger partial charge on any atom is -0.494 e. The zero-order chi connectivity index (χ0) is 81.0. The molecule has 0 bridgehead atoms. The van der Waals surface area contributed by atoms with Crippen LogP contribution in [0.1, 0.15) is 207 Å². The van der Waals surface area contributed by atoms with Gasteiger partial charge in [-0.3, -0.25) is 9.59 Å². The lowest BCUT2D eigenvalue weighted by Crippen LogP contribution is -2.35. The Morgan fingerprint density at radius 2 is 1.01 bits per heavy atom. The number of sulfonamides is 1. The standard InChI is InChI=1S/C41H55N5O8S.C21H25N3O4.C21H33NO5S/c1-9-52-38(47)24-33(31-22-34-39(36(23-31)51-8)45(7)44-43-34)30-17-15-27(2)32(21-30)26-46-25-28(3)53-35-20-29(16-18-37(35)55(46,49)50)14-12-10-11-13-19-42-40(48)54-41(4,5)6;1-5-28-20(26)11-17(14-7-6-13(2)16(8-14)12-25)15-9-18-21(19(10-15)27-4)24(3)23-22-18;1-16-12-14-28(24,25)19-11-10-17(15-18(19)26-16)9-7-5-6-8-13-22-20(23)27-21(2,3)4/h15-18,20-23,28,33H,9-14,19,24-26H2,1-8H3,(H,42,48);6-10,17,25H,5,11-12H2,1-4H3;10-11,15-16H,5-9,12-14H2,1-4H3,(H,22,23)/t28-,33?;;16-/m1.1/s1. The molecule has 2 amide bonds. The second-order valence-corrected chi connectivity index (χ2v) is 34.3. The summed E-state index contributed by atoms with van der Waals surface area (Å²) in [6.45, 7) is 24.3. The van der Waals surface area contributed by atoms with E-state index in [-0.39, 0.29) is 79.8 Å². The quantitative estimate of drug-likeness (QED) is 0.0223. The van der Waals surface area contributed by atoms with Gasteiger partial charge in [-0.05, 0) is 232 Å². The average molecular weight is 1570 g/mol. The molecule has 0 aliphatic carbocycles. The van der Waals surface area contributed by atoms with E-state index < -0.39 is 49.2 Å². The number of esters is 2. The first-order valence-corrected chi connectivity index (χ1v) is 41.3. The highest BCUT2D eigenvalue weighted by Crippen LogP contribution is 2.40. The fraction of sp³-hybridized carbons (Fsp3) is 0.518. The maximum atomic E-state index is 14.3. The molecule has 2 unspecified atom stereocenters. The molecule has 8 aromatic rings. The summed E-state index contributed by atoms with van der Waals surface area (Å²) in [5.74, 6) is 0.902. The van der Waals surface area contributed by atoms with Crippen molar-refractivity contribution in [3.05, 3.63) is 153 Å². The third-order valence-electron chi connectivity index (χ3n) is 19.0. The number of aromatic nitrogens is 6. The molecule has 4 heterocycles. The van der Waals surface area contributed by atoms with Crippen LogP contribution in [-0.2, 0) is 88.5 Å². The number of ether oxygens (including phenoxy) is 8. The Bertz CT molecular complexity index is 4740. The fourth-order valence-electron chi connectivity index (χ4n) is 13.4. The van der Waals surface area contributed by atoms with Crippen LogP contribution in [0.2, 0.25) is 0 Å². The van der Waals surface area contributed by atoms with Crippen LogP contribution in [0.25, 0.3) is 22.1 Å². The molecule has 6 aromatic carbocycles. The number of carbonyl (C=O) groups excluding carboxylic acids is 4. The number of aliphatic hydroxyl groups is 1. The number of nitrogens with one attached hydrogen (secondary N) is 2. The number of rotatable bonds is 29. The molecule has 0 spiro atoms. The van der Waals surface area contributed by atoms with Crippen molar-refractivity contribution in [1.29, 1.82) is 0 Å². The van der Waals surface area contributed by atoms with E-state index in [4.69, 9.17) is 37.9 Å². The summed E-state index contributed by atoms with van der Waals surface area (Å²) >= 11 is 0. The maximum Gasteiger partial charge on any atom is 0.407 e. The molecule has 604 valence electrons. The Hall–Kier alpha value is -9.38. The highest BCUT2D eigenvalue weighted by atomic mass is 32.2. The van der Waals surface area contributed by atoms with Crippen molar-refractivity contribution >= 4 is 66.1 Å². The Kier molecular flexibility index (Phi) is 31.2. The topological polar surface area (TPSA) is 319 Å². The van der Waals surface area contributed by atoms with Crippen molar-refractivity contribution in [3.8, 4) is 23.0 Å². The van der Waals surface area contributed by atoms with Gasteiger partial charge < -0.3 is 53.6 Å². The van der Waals surface area contributed by atoms with Gasteiger partial charge in [-0.1, -0.05) is 84.6 Å². The predicted octanol–water partition coefficient (Wildman–Crippen LogP) is 14.1. The predicted molar refractivity (Wildman–Crippen MR) is 425 cm³/mol. The van der Waals surface area contributed by atoms with E-state index >= 15 is 0 Å². The molecule has 0 fully saturated rings. The van der Waals surface area contributed by atoms with Crippen LogP contribution in [0.15, 0.2) is 107 Å². The molecule has 0 saturated carbocycles. The number of carbonyl (C=O) groups is 4. The first-order chi connectivity index (χ1) is 52.6. The first-order valence-electron chi connectivity index (χ1n) is 38.3.